The Labute approximate surface area is 147 Å². The third kappa shape index (κ3) is 2.38. The number of fused-ring (bicyclic) bond motifs is 4. The number of halogens is 2. The van der Waals surface area contributed by atoms with Gasteiger partial charge in [-0.05, 0) is 42.0 Å². The van der Waals surface area contributed by atoms with E-state index in [-0.39, 0.29) is 11.6 Å². The first kappa shape index (κ1) is 14.9. The summed E-state index contributed by atoms with van der Waals surface area (Å²) < 4.78 is 29.2. The molecule has 0 N–H and O–H groups in total. The van der Waals surface area contributed by atoms with E-state index in [1.165, 1.54) is 18.2 Å². The van der Waals surface area contributed by atoms with E-state index in [0.29, 0.717) is 23.3 Å². The van der Waals surface area contributed by atoms with Gasteiger partial charge in [0.25, 0.3) is 0 Å². The number of benzene rings is 2. The van der Waals surface area contributed by atoms with Gasteiger partial charge in [-0.2, -0.15) is 0 Å². The van der Waals surface area contributed by atoms with Gasteiger partial charge in [-0.15, -0.1) is 0 Å². The Morgan fingerprint density at radius 3 is 2.88 bits per heavy atom. The highest BCUT2D eigenvalue weighted by molar-refractivity contribution is 5.79. The third-order valence-corrected chi connectivity index (χ3v) is 4.43. The highest BCUT2D eigenvalue weighted by Crippen LogP contribution is 2.31. The number of hydrogen-bond acceptors (Lipinski definition) is 3. The lowest BCUT2D eigenvalue weighted by atomic mass is 10.1. The van der Waals surface area contributed by atoms with Gasteiger partial charge in [-0.25, -0.2) is 23.7 Å². The zero-order valence-corrected chi connectivity index (χ0v) is 13.5. The molecule has 3 heterocycles. The monoisotopic (exact) mass is 346 g/mol. The second-order valence-electron chi connectivity index (χ2n) is 6.16. The average Bonchev–Trinajstić information content (AvgIpc) is 3.17. The summed E-state index contributed by atoms with van der Waals surface area (Å²) in [6.45, 7) is 0.598. The van der Waals surface area contributed by atoms with E-state index in [0.717, 1.165) is 22.6 Å². The minimum Gasteiger partial charge on any atom is -0.326 e. The summed E-state index contributed by atoms with van der Waals surface area (Å²) in [6, 6.07) is 9.51. The van der Waals surface area contributed by atoms with Crippen LogP contribution in [0.3, 0.4) is 0 Å². The molecule has 0 saturated heterocycles. The zero-order valence-electron chi connectivity index (χ0n) is 13.5. The predicted molar refractivity (Wildman–Crippen MR) is 95.1 cm³/mol. The van der Waals surface area contributed by atoms with E-state index in [2.05, 4.69) is 15.0 Å². The van der Waals surface area contributed by atoms with E-state index < -0.39 is 0 Å². The molecular weight excluding hydrogens is 334 g/mol. The summed E-state index contributed by atoms with van der Waals surface area (Å²) in [5, 5.41) is 0.659. The van der Waals surface area contributed by atoms with E-state index in [1.807, 2.05) is 10.8 Å². The molecule has 26 heavy (non-hydrogen) atoms. The molecule has 1 aliphatic heterocycles. The number of rotatable bonds is 2. The minimum atomic E-state index is -0.371. The molecule has 2 aromatic carbocycles. The molecule has 0 unspecified atom stereocenters. The van der Waals surface area contributed by atoms with Gasteiger partial charge in [0.1, 0.15) is 23.0 Å². The van der Waals surface area contributed by atoms with E-state index in [1.54, 1.807) is 36.5 Å². The molecule has 126 valence electrons. The van der Waals surface area contributed by atoms with Crippen LogP contribution >= 0.6 is 0 Å². The maximum atomic E-state index is 13.9. The van der Waals surface area contributed by atoms with Crippen LogP contribution in [0.15, 0.2) is 48.8 Å². The zero-order chi connectivity index (χ0) is 17.7. The van der Waals surface area contributed by atoms with Gasteiger partial charge in [0.05, 0.1) is 5.69 Å². The maximum absolute atomic E-state index is 13.9. The van der Waals surface area contributed by atoms with Gasteiger partial charge < -0.3 is 4.57 Å². The Bertz CT molecular complexity index is 1190. The van der Waals surface area contributed by atoms with Gasteiger partial charge in [0.2, 0.25) is 0 Å². The molecule has 2 aromatic heterocycles. The quantitative estimate of drug-likeness (QED) is 0.479. The van der Waals surface area contributed by atoms with Crippen molar-refractivity contribution in [3.05, 3.63) is 77.5 Å². The molecule has 0 aliphatic carbocycles. The Kier molecular flexibility index (Phi) is 3.18. The molecule has 0 bridgehead atoms. The number of hydrogen-bond donors (Lipinski definition) is 0. The summed E-state index contributed by atoms with van der Waals surface area (Å²) >= 11 is 0. The van der Waals surface area contributed by atoms with Crippen molar-refractivity contribution in [1.82, 2.24) is 19.5 Å². The van der Waals surface area contributed by atoms with E-state index in [9.17, 15) is 8.78 Å². The molecule has 0 amide bonds. The fraction of sp³-hybridized carbons (Fsp3) is 0.0500. The lowest BCUT2D eigenvalue weighted by molar-refractivity contribution is 0.625. The molecule has 4 aromatic rings. The minimum absolute atomic E-state index is 0.240. The number of imidazole rings is 1. The molecular formula is C20H12F2N4. The van der Waals surface area contributed by atoms with Crippen molar-refractivity contribution in [2.24, 2.45) is 0 Å². The van der Waals surface area contributed by atoms with Crippen LogP contribution in [0.4, 0.5) is 8.78 Å². The van der Waals surface area contributed by atoms with Crippen LogP contribution in [-0.4, -0.2) is 19.5 Å². The lowest BCUT2D eigenvalue weighted by Gasteiger charge is -1.99. The molecule has 6 heteroatoms. The summed E-state index contributed by atoms with van der Waals surface area (Å²) in [6.07, 6.45) is 6.99. The van der Waals surface area contributed by atoms with Gasteiger partial charge in [-0.3, -0.25) is 0 Å². The number of aromatic nitrogens is 4. The topological polar surface area (TPSA) is 43.6 Å². The third-order valence-electron chi connectivity index (χ3n) is 4.43. The molecule has 0 radical (unpaired) electrons. The van der Waals surface area contributed by atoms with Crippen LogP contribution in [0, 0.1) is 11.6 Å². The van der Waals surface area contributed by atoms with Gasteiger partial charge in [0.15, 0.2) is 5.82 Å². The van der Waals surface area contributed by atoms with Gasteiger partial charge >= 0.3 is 0 Å². The Balaban J connectivity index is 1.47. The van der Waals surface area contributed by atoms with Crippen molar-refractivity contribution in [3.8, 4) is 11.4 Å². The lowest BCUT2D eigenvalue weighted by Crippen LogP contribution is -1.91. The van der Waals surface area contributed by atoms with Crippen LogP contribution < -0.4 is 0 Å². The highest BCUT2D eigenvalue weighted by atomic mass is 19.1. The number of para-hydroxylation sites is 1. The van der Waals surface area contributed by atoms with Crippen molar-refractivity contribution in [2.75, 3.05) is 0 Å². The Morgan fingerprint density at radius 2 is 1.96 bits per heavy atom. The van der Waals surface area contributed by atoms with Crippen LogP contribution in [0.1, 0.15) is 17.1 Å². The first-order chi connectivity index (χ1) is 12.7. The highest BCUT2D eigenvalue weighted by Gasteiger charge is 2.20. The predicted octanol–water partition coefficient (Wildman–Crippen LogP) is 4.30. The normalized spacial score (nSPS) is 12.7. The largest absolute Gasteiger partial charge is 0.326 e. The second-order valence-corrected chi connectivity index (χ2v) is 6.16. The molecule has 0 fully saturated rings. The fourth-order valence-corrected chi connectivity index (χ4v) is 3.22. The SMILES string of the molecule is Fc1ccc2c(c1)Cn1cc(C=Cc3ncc4cccc(F)c4n3)nc1-2. The standard InChI is InChI=1S/C20H12F2N4/c21-14-4-6-16-13(8-14)10-26-11-15(24-20(16)26)5-7-18-23-9-12-2-1-3-17(22)19(12)25-18/h1-9,11H,10H2. The molecule has 5 rings (SSSR count). The molecule has 1 aliphatic rings. The molecule has 0 atom stereocenters. The maximum Gasteiger partial charge on any atom is 0.152 e. The first-order valence-corrected chi connectivity index (χ1v) is 8.13. The Hall–Kier alpha value is -3.41. The van der Waals surface area contributed by atoms with E-state index in [4.69, 9.17) is 0 Å². The van der Waals surface area contributed by atoms with Crippen molar-refractivity contribution in [1.29, 1.82) is 0 Å². The first-order valence-electron chi connectivity index (χ1n) is 8.13. The van der Waals surface area contributed by atoms with Gasteiger partial charge in [-0.1, -0.05) is 12.1 Å². The molecule has 4 nitrogen and oxygen atoms in total. The summed E-state index contributed by atoms with van der Waals surface area (Å²) in [5.41, 5.74) is 2.91. The summed E-state index contributed by atoms with van der Waals surface area (Å²) in [4.78, 5) is 13.1. The number of nitrogens with zero attached hydrogens (tertiary/aromatic N) is 4. The second kappa shape index (κ2) is 5.56. The van der Waals surface area contributed by atoms with Crippen molar-refractivity contribution < 1.29 is 8.78 Å². The average molecular weight is 346 g/mol. The van der Waals surface area contributed by atoms with Crippen LogP contribution in [0.25, 0.3) is 34.4 Å². The van der Waals surface area contributed by atoms with Crippen molar-refractivity contribution >= 4 is 23.1 Å². The molecule has 0 saturated carbocycles. The van der Waals surface area contributed by atoms with Crippen molar-refractivity contribution in [3.63, 3.8) is 0 Å². The van der Waals surface area contributed by atoms with Crippen LogP contribution in [0.5, 0.6) is 0 Å². The van der Waals surface area contributed by atoms with Crippen molar-refractivity contribution in [2.45, 2.75) is 6.54 Å². The fourth-order valence-electron chi connectivity index (χ4n) is 3.22. The van der Waals surface area contributed by atoms with Crippen LogP contribution in [0.2, 0.25) is 0 Å². The Morgan fingerprint density at radius 1 is 1.04 bits per heavy atom. The summed E-state index contributed by atoms with van der Waals surface area (Å²) in [5.74, 6) is 0.614. The van der Waals surface area contributed by atoms with E-state index >= 15 is 0 Å². The summed E-state index contributed by atoms with van der Waals surface area (Å²) in [7, 11) is 0. The molecule has 0 spiro atoms. The smallest absolute Gasteiger partial charge is 0.152 e. The van der Waals surface area contributed by atoms with Crippen LogP contribution in [-0.2, 0) is 6.54 Å². The van der Waals surface area contributed by atoms with Gasteiger partial charge in [0, 0.05) is 29.9 Å².